The number of amides is 1. The predicted molar refractivity (Wildman–Crippen MR) is 152 cm³/mol. The van der Waals surface area contributed by atoms with Crippen LogP contribution in [0.25, 0.3) is 22.7 Å². The van der Waals surface area contributed by atoms with Crippen molar-refractivity contribution in [2.24, 2.45) is 0 Å². The van der Waals surface area contributed by atoms with E-state index < -0.39 is 0 Å². The van der Waals surface area contributed by atoms with Crippen molar-refractivity contribution in [3.05, 3.63) is 114 Å². The van der Waals surface area contributed by atoms with Crippen molar-refractivity contribution in [2.45, 2.75) is 16.8 Å². The normalized spacial score (nSPS) is 14.5. The van der Waals surface area contributed by atoms with E-state index in [4.69, 9.17) is 17.3 Å². The van der Waals surface area contributed by atoms with Crippen LogP contribution in [-0.2, 0) is 4.79 Å². The smallest absolute Gasteiger partial charge is 0.281 e. The monoisotopic (exact) mass is 537 g/mol. The zero-order valence-corrected chi connectivity index (χ0v) is 21.8. The van der Waals surface area contributed by atoms with E-state index >= 15 is 0 Å². The first kappa shape index (κ1) is 24.0. The van der Waals surface area contributed by atoms with Gasteiger partial charge in [0.05, 0.1) is 22.6 Å². The van der Waals surface area contributed by atoms with Gasteiger partial charge in [-0.15, -0.1) is 0 Å². The molecule has 0 atom stereocenters. The van der Waals surface area contributed by atoms with Crippen LogP contribution in [0.4, 0.5) is 10.1 Å². The minimum atomic E-state index is -0.386. The summed E-state index contributed by atoms with van der Waals surface area (Å²) in [5.41, 5.74) is 4.11. The SMILES string of the molecule is Cc1nn(-c2ccccc2)c(Sc2cccc3cccnc23)c1/C=C1/NC(=S)N(c2ccc(F)cc2)C1=O. The summed E-state index contributed by atoms with van der Waals surface area (Å²) in [6.45, 7) is 1.91. The summed E-state index contributed by atoms with van der Waals surface area (Å²) in [7, 11) is 0. The Hall–Kier alpha value is -4.34. The van der Waals surface area contributed by atoms with E-state index in [-0.39, 0.29) is 16.8 Å². The van der Waals surface area contributed by atoms with Crippen molar-refractivity contribution in [3.63, 3.8) is 0 Å². The molecule has 0 unspecified atom stereocenters. The minimum absolute atomic E-state index is 0.230. The second-order valence-corrected chi connectivity index (χ2v) is 10.0. The molecule has 0 spiro atoms. The summed E-state index contributed by atoms with van der Waals surface area (Å²) in [5, 5.41) is 9.96. The van der Waals surface area contributed by atoms with Crippen molar-refractivity contribution in [1.82, 2.24) is 20.1 Å². The van der Waals surface area contributed by atoms with Gasteiger partial charge in [0.15, 0.2) is 5.11 Å². The van der Waals surface area contributed by atoms with Gasteiger partial charge in [-0.3, -0.25) is 14.7 Å². The average Bonchev–Trinajstić information content (AvgIpc) is 3.40. The summed E-state index contributed by atoms with van der Waals surface area (Å²) in [6, 6.07) is 25.5. The van der Waals surface area contributed by atoms with Crippen LogP contribution in [0.15, 0.2) is 107 Å². The summed E-state index contributed by atoms with van der Waals surface area (Å²) in [6.07, 6.45) is 3.56. The first-order valence-corrected chi connectivity index (χ1v) is 13.0. The fourth-order valence-electron chi connectivity index (χ4n) is 4.29. The molecule has 1 amide bonds. The van der Waals surface area contributed by atoms with Gasteiger partial charge in [-0.05, 0) is 73.7 Å². The highest BCUT2D eigenvalue weighted by Gasteiger charge is 2.33. The highest BCUT2D eigenvalue weighted by molar-refractivity contribution is 7.99. The number of thiocarbonyl (C=S) groups is 1. The molecule has 1 N–H and O–H groups in total. The number of hydrogen-bond donors (Lipinski definition) is 1. The maximum Gasteiger partial charge on any atom is 0.281 e. The first-order chi connectivity index (χ1) is 18.5. The summed E-state index contributed by atoms with van der Waals surface area (Å²) in [4.78, 5) is 20.3. The Kier molecular flexibility index (Phi) is 6.22. The number of benzene rings is 3. The molecular formula is C29H20FN5OS2. The Bertz CT molecular complexity index is 1730. The molecule has 5 aromatic rings. The molecule has 0 bridgehead atoms. The van der Waals surface area contributed by atoms with E-state index in [9.17, 15) is 9.18 Å². The van der Waals surface area contributed by atoms with Gasteiger partial charge in [0.1, 0.15) is 16.5 Å². The van der Waals surface area contributed by atoms with Crippen LogP contribution in [-0.4, -0.2) is 25.8 Å². The number of nitrogens with zero attached hydrogens (tertiary/aromatic N) is 4. The minimum Gasteiger partial charge on any atom is -0.327 e. The average molecular weight is 538 g/mol. The zero-order valence-electron chi connectivity index (χ0n) is 20.1. The lowest BCUT2D eigenvalue weighted by molar-refractivity contribution is -0.113. The molecule has 0 saturated carbocycles. The molecule has 1 aliphatic rings. The molecule has 1 aliphatic heterocycles. The van der Waals surface area contributed by atoms with Gasteiger partial charge in [-0.1, -0.05) is 48.2 Å². The van der Waals surface area contributed by atoms with E-state index in [1.54, 1.807) is 12.3 Å². The number of fused-ring (bicyclic) bond motifs is 1. The largest absolute Gasteiger partial charge is 0.327 e. The molecule has 6 nitrogen and oxygen atoms in total. The van der Waals surface area contributed by atoms with Gasteiger partial charge in [-0.25, -0.2) is 9.07 Å². The summed E-state index contributed by atoms with van der Waals surface area (Å²) < 4.78 is 15.3. The van der Waals surface area contributed by atoms with Gasteiger partial charge < -0.3 is 5.32 Å². The van der Waals surface area contributed by atoms with Crippen molar-refractivity contribution in [1.29, 1.82) is 0 Å². The third-order valence-corrected chi connectivity index (χ3v) is 7.54. The zero-order chi connectivity index (χ0) is 26.2. The van der Waals surface area contributed by atoms with Crippen LogP contribution in [0, 0.1) is 12.7 Å². The van der Waals surface area contributed by atoms with Crippen molar-refractivity contribution in [3.8, 4) is 5.69 Å². The van der Waals surface area contributed by atoms with Crippen LogP contribution in [0.5, 0.6) is 0 Å². The van der Waals surface area contributed by atoms with Gasteiger partial charge in [0, 0.05) is 22.0 Å². The number of aromatic nitrogens is 3. The highest BCUT2D eigenvalue weighted by atomic mass is 32.2. The number of hydrogen-bond acceptors (Lipinski definition) is 5. The lowest BCUT2D eigenvalue weighted by Gasteiger charge is -2.13. The standard InChI is InChI=1S/C29H20FN5OS2/c1-18-23(17-24-27(36)34(29(37)32-24)21-14-12-20(30)13-15-21)28(35(33-18)22-9-3-2-4-10-22)38-25-11-5-7-19-8-6-16-31-26(19)25/h2-17H,1H3,(H,32,37)/b24-17+. The number of pyridine rings is 1. The quantitative estimate of drug-likeness (QED) is 0.210. The molecular weight excluding hydrogens is 517 g/mol. The second kappa shape index (κ2) is 9.85. The van der Waals surface area contributed by atoms with E-state index in [0.717, 1.165) is 37.8 Å². The molecule has 1 fully saturated rings. The van der Waals surface area contributed by atoms with E-state index in [1.165, 1.54) is 40.9 Å². The molecule has 186 valence electrons. The number of rotatable bonds is 5. The number of halogens is 1. The van der Waals surface area contributed by atoms with Crippen molar-refractivity contribution < 1.29 is 9.18 Å². The Morgan fingerprint density at radius 1 is 0.947 bits per heavy atom. The van der Waals surface area contributed by atoms with Crippen molar-refractivity contribution >= 4 is 57.7 Å². The lowest BCUT2D eigenvalue weighted by Crippen LogP contribution is -2.30. The highest BCUT2D eigenvalue weighted by Crippen LogP contribution is 2.38. The molecule has 2 aromatic heterocycles. The van der Waals surface area contributed by atoms with E-state index in [1.807, 2.05) is 72.3 Å². The molecule has 3 heterocycles. The van der Waals surface area contributed by atoms with Gasteiger partial charge in [0.2, 0.25) is 0 Å². The third-order valence-electron chi connectivity index (χ3n) is 6.12. The lowest BCUT2D eigenvalue weighted by atomic mass is 10.2. The maximum absolute atomic E-state index is 13.5. The molecule has 0 radical (unpaired) electrons. The van der Waals surface area contributed by atoms with Gasteiger partial charge >= 0.3 is 0 Å². The molecule has 9 heteroatoms. The first-order valence-electron chi connectivity index (χ1n) is 11.8. The van der Waals surface area contributed by atoms with Gasteiger partial charge in [-0.2, -0.15) is 5.10 Å². The number of para-hydroxylation sites is 2. The topological polar surface area (TPSA) is 63.1 Å². The Balaban J connectivity index is 1.47. The molecule has 0 aliphatic carbocycles. The van der Waals surface area contributed by atoms with Gasteiger partial charge in [0.25, 0.3) is 5.91 Å². The van der Waals surface area contributed by atoms with E-state index in [2.05, 4.69) is 10.3 Å². The Morgan fingerprint density at radius 2 is 1.71 bits per heavy atom. The van der Waals surface area contributed by atoms with Crippen LogP contribution < -0.4 is 10.2 Å². The molecule has 6 rings (SSSR count). The molecule has 1 saturated heterocycles. The molecule has 38 heavy (non-hydrogen) atoms. The van der Waals surface area contributed by atoms with Crippen molar-refractivity contribution in [2.75, 3.05) is 4.90 Å². The maximum atomic E-state index is 13.5. The third kappa shape index (κ3) is 4.36. The second-order valence-electron chi connectivity index (χ2n) is 8.59. The molecule has 3 aromatic carbocycles. The predicted octanol–water partition coefficient (Wildman–Crippen LogP) is 6.28. The fourth-order valence-corrected chi connectivity index (χ4v) is 5.76. The number of carbonyl (C=O) groups excluding carboxylic acids is 1. The Labute approximate surface area is 227 Å². The van der Waals surface area contributed by atoms with Crippen LogP contribution in [0.2, 0.25) is 0 Å². The summed E-state index contributed by atoms with van der Waals surface area (Å²) >= 11 is 6.99. The number of aryl methyl sites for hydroxylation is 1. The van der Waals surface area contributed by atoms with Crippen LogP contribution in [0.1, 0.15) is 11.3 Å². The Morgan fingerprint density at radius 3 is 2.50 bits per heavy atom. The van der Waals surface area contributed by atoms with Crippen LogP contribution in [0.3, 0.4) is 0 Å². The number of carbonyl (C=O) groups is 1. The van der Waals surface area contributed by atoms with Crippen LogP contribution >= 0.6 is 24.0 Å². The fraction of sp³-hybridized carbons (Fsp3) is 0.0345. The summed E-state index contributed by atoms with van der Waals surface area (Å²) in [5.74, 6) is -0.708. The number of anilines is 1. The van der Waals surface area contributed by atoms with E-state index in [0.29, 0.717) is 11.4 Å². The number of nitrogens with one attached hydrogen (secondary N) is 1.